The maximum Gasteiger partial charge on any atom is 0.109 e. The fourth-order valence-corrected chi connectivity index (χ4v) is 2.36. The van der Waals surface area contributed by atoms with Crippen molar-refractivity contribution >= 4 is 23.3 Å². The van der Waals surface area contributed by atoms with Crippen LogP contribution in [0.1, 0.15) is 30.4 Å². The van der Waals surface area contributed by atoms with E-state index in [-0.39, 0.29) is 0 Å². The van der Waals surface area contributed by atoms with Gasteiger partial charge < -0.3 is 4.90 Å². The number of nitrogens with zero attached hydrogens (tertiary/aromatic N) is 1. The van der Waals surface area contributed by atoms with E-state index in [1.54, 1.807) is 0 Å². The van der Waals surface area contributed by atoms with E-state index in [0.29, 0.717) is 0 Å². The van der Waals surface area contributed by atoms with Crippen molar-refractivity contribution in [3.05, 3.63) is 42.0 Å². The van der Waals surface area contributed by atoms with Gasteiger partial charge in [-0.1, -0.05) is 49.1 Å². The number of hydrogen-bond acceptors (Lipinski definition) is 1. The molecule has 0 atom stereocenters. The molecule has 0 N–H and O–H groups in total. The molecule has 1 aliphatic rings. The number of likely N-dealkylation sites (tertiary alicyclic amines) is 1. The summed E-state index contributed by atoms with van der Waals surface area (Å²) in [7, 11) is 0. The van der Waals surface area contributed by atoms with E-state index in [4.69, 9.17) is 12.2 Å². The minimum absolute atomic E-state index is 0.996. The fourth-order valence-electron chi connectivity index (χ4n) is 2.04. The summed E-state index contributed by atoms with van der Waals surface area (Å²) in [6.45, 7) is 5.98. The Morgan fingerprint density at radius 1 is 1.12 bits per heavy atom. The lowest BCUT2D eigenvalue weighted by Gasteiger charge is -2.29. The molecule has 0 amide bonds. The molecule has 1 aromatic carbocycles. The molecule has 0 bridgehead atoms. The van der Waals surface area contributed by atoms with Crippen molar-refractivity contribution in [3.63, 3.8) is 0 Å². The zero-order valence-electron chi connectivity index (χ0n) is 9.48. The van der Waals surface area contributed by atoms with Crippen molar-refractivity contribution in [1.29, 1.82) is 0 Å². The normalized spacial score (nSPS) is 15.9. The highest BCUT2D eigenvalue weighted by Gasteiger charge is 2.14. The number of thiocarbonyl (C=S) groups is 1. The van der Waals surface area contributed by atoms with Gasteiger partial charge in [-0.3, -0.25) is 0 Å². The standard InChI is InChI=1S/C14H17NS/c1-2-12-6-8-13(9-7-12)14(16)15-10-4-3-5-11-15/h2,6-9H,1,3-5,10-11H2. The second kappa shape index (κ2) is 5.26. The van der Waals surface area contributed by atoms with Gasteiger partial charge in [-0.2, -0.15) is 0 Å². The molecule has 1 aliphatic heterocycles. The highest BCUT2D eigenvalue weighted by Crippen LogP contribution is 2.15. The molecule has 0 aromatic heterocycles. The van der Waals surface area contributed by atoms with Crippen molar-refractivity contribution < 1.29 is 0 Å². The Bertz CT molecular complexity index is 374. The second-order valence-electron chi connectivity index (χ2n) is 4.18. The lowest BCUT2D eigenvalue weighted by Crippen LogP contribution is -2.34. The first-order valence-corrected chi connectivity index (χ1v) is 6.24. The third-order valence-electron chi connectivity index (χ3n) is 3.04. The minimum Gasteiger partial charge on any atom is -0.362 e. The van der Waals surface area contributed by atoms with Crippen LogP contribution in [-0.4, -0.2) is 23.0 Å². The highest BCUT2D eigenvalue weighted by molar-refractivity contribution is 7.80. The second-order valence-corrected chi connectivity index (χ2v) is 4.57. The van der Waals surface area contributed by atoms with Crippen molar-refractivity contribution in [2.75, 3.05) is 13.1 Å². The Labute approximate surface area is 103 Å². The van der Waals surface area contributed by atoms with Crippen molar-refractivity contribution in [2.24, 2.45) is 0 Å². The lowest BCUT2D eigenvalue weighted by atomic mass is 10.1. The van der Waals surface area contributed by atoms with E-state index in [1.807, 2.05) is 6.08 Å². The molecule has 2 heteroatoms. The molecular weight excluding hydrogens is 214 g/mol. The van der Waals surface area contributed by atoms with Gasteiger partial charge in [0.25, 0.3) is 0 Å². The molecule has 0 unspecified atom stereocenters. The first kappa shape index (κ1) is 11.3. The molecule has 0 aliphatic carbocycles. The van der Waals surface area contributed by atoms with Crippen LogP contribution < -0.4 is 0 Å². The number of hydrogen-bond donors (Lipinski definition) is 0. The van der Waals surface area contributed by atoms with Gasteiger partial charge in [0.2, 0.25) is 0 Å². The van der Waals surface area contributed by atoms with Crippen LogP contribution in [0.3, 0.4) is 0 Å². The van der Waals surface area contributed by atoms with Crippen molar-refractivity contribution in [2.45, 2.75) is 19.3 Å². The summed E-state index contributed by atoms with van der Waals surface area (Å²) in [5.41, 5.74) is 2.30. The number of rotatable bonds is 2. The molecule has 0 spiro atoms. The summed E-state index contributed by atoms with van der Waals surface area (Å²) in [4.78, 5) is 3.32. The molecule has 1 saturated heterocycles. The van der Waals surface area contributed by atoms with Crippen LogP contribution in [0.25, 0.3) is 6.08 Å². The van der Waals surface area contributed by atoms with Crippen LogP contribution in [0, 0.1) is 0 Å². The van der Waals surface area contributed by atoms with E-state index in [9.17, 15) is 0 Å². The van der Waals surface area contributed by atoms with Crippen LogP contribution in [0.5, 0.6) is 0 Å². The summed E-state index contributed by atoms with van der Waals surface area (Å²) in [6, 6.07) is 8.32. The molecule has 84 valence electrons. The van der Waals surface area contributed by atoms with Crippen molar-refractivity contribution in [3.8, 4) is 0 Å². The maximum atomic E-state index is 5.52. The van der Waals surface area contributed by atoms with Crippen LogP contribution >= 0.6 is 12.2 Å². The summed E-state index contributed by atoms with van der Waals surface area (Å²) < 4.78 is 0. The quantitative estimate of drug-likeness (QED) is 0.717. The third-order valence-corrected chi connectivity index (χ3v) is 3.53. The Morgan fingerprint density at radius 3 is 2.31 bits per heavy atom. The molecule has 1 nitrogen and oxygen atoms in total. The first-order valence-electron chi connectivity index (χ1n) is 5.83. The Kier molecular flexibility index (Phi) is 3.73. The third kappa shape index (κ3) is 2.50. The molecule has 0 radical (unpaired) electrons. The van der Waals surface area contributed by atoms with Crippen molar-refractivity contribution in [1.82, 2.24) is 4.90 Å². The predicted molar refractivity (Wildman–Crippen MR) is 73.7 cm³/mol. The van der Waals surface area contributed by atoms with Gasteiger partial charge in [0.15, 0.2) is 0 Å². The molecule has 0 saturated carbocycles. The maximum absolute atomic E-state index is 5.52. The van der Waals surface area contributed by atoms with Gasteiger partial charge >= 0.3 is 0 Å². The molecule has 1 aromatic rings. The topological polar surface area (TPSA) is 3.24 Å². The lowest BCUT2D eigenvalue weighted by molar-refractivity contribution is 0.347. The summed E-state index contributed by atoms with van der Waals surface area (Å²) in [6.07, 6.45) is 5.73. The van der Waals surface area contributed by atoms with Gasteiger partial charge in [0, 0.05) is 18.7 Å². The van der Waals surface area contributed by atoms with Gasteiger partial charge in [0.05, 0.1) is 0 Å². The van der Waals surface area contributed by atoms with Gasteiger partial charge in [-0.25, -0.2) is 0 Å². The Balaban J connectivity index is 2.10. The zero-order valence-corrected chi connectivity index (χ0v) is 10.3. The Hall–Kier alpha value is -1.15. The zero-order chi connectivity index (χ0) is 11.4. The molecule has 1 heterocycles. The number of piperidine rings is 1. The van der Waals surface area contributed by atoms with E-state index in [0.717, 1.165) is 29.2 Å². The minimum atomic E-state index is 0.996. The van der Waals surface area contributed by atoms with E-state index in [2.05, 4.69) is 35.7 Å². The molecule has 16 heavy (non-hydrogen) atoms. The van der Waals surface area contributed by atoms with Gasteiger partial charge in [0.1, 0.15) is 4.99 Å². The number of benzene rings is 1. The SMILES string of the molecule is C=Cc1ccc(C(=S)N2CCCCC2)cc1. The summed E-state index contributed by atoms with van der Waals surface area (Å²) >= 11 is 5.52. The predicted octanol–water partition coefficient (Wildman–Crippen LogP) is 3.49. The average Bonchev–Trinajstić information content (AvgIpc) is 2.39. The van der Waals surface area contributed by atoms with E-state index in [1.165, 1.54) is 19.3 Å². The van der Waals surface area contributed by atoms with Crippen LogP contribution in [0.2, 0.25) is 0 Å². The smallest absolute Gasteiger partial charge is 0.109 e. The largest absolute Gasteiger partial charge is 0.362 e. The summed E-state index contributed by atoms with van der Waals surface area (Å²) in [5.74, 6) is 0. The van der Waals surface area contributed by atoms with Gasteiger partial charge in [-0.15, -0.1) is 0 Å². The Morgan fingerprint density at radius 2 is 1.75 bits per heavy atom. The molecule has 1 fully saturated rings. The van der Waals surface area contributed by atoms with Crippen LogP contribution in [-0.2, 0) is 0 Å². The average molecular weight is 231 g/mol. The monoisotopic (exact) mass is 231 g/mol. The van der Waals surface area contributed by atoms with Crippen LogP contribution in [0.4, 0.5) is 0 Å². The van der Waals surface area contributed by atoms with E-state index < -0.39 is 0 Å². The summed E-state index contributed by atoms with van der Waals surface area (Å²) in [5, 5.41) is 0. The molecule has 2 rings (SSSR count). The van der Waals surface area contributed by atoms with E-state index >= 15 is 0 Å². The fraction of sp³-hybridized carbons (Fsp3) is 0.357. The van der Waals surface area contributed by atoms with Gasteiger partial charge in [-0.05, 0) is 24.8 Å². The van der Waals surface area contributed by atoms with Crippen LogP contribution in [0.15, 0.2) is 30.8 Å². The molecular formula is C14H17NS. The highest BCUT2D eigenvalue weighted by atomic mass is 32.1. The first-order chi connectivity index (χ1) is 7.81.